The van der Waals surface area contributed by atoms with Crippen LogP contribution in [0, 0.1) is 0 Å². The molecular formula is C57H90O6. The van der Waals surface area contributed by atoms with Gasteiger partial charge in [-0.05, 0) is 89.9 Å². The van der Waals surface area contributed by atoms with E-state index in [0.29, 0.717) is 19.3 Å². The maximum atomic E-state index is 12.8. The zero-order valence-corrected chi connectivity index (χ0v) is 40.3. The van der Waals surface area contributed by atoms with E-state index in [0.717, 1.165) is 116 Å². The van der Waals surface area contributed by atoms with Crippen LogP contribution in [-0.4, -0.2) is 37.2 Å². The molecule has 1 atom stereocenters. The lowest BCUT2D eigenvalue weighted by molar-refractivity contribution is -0.167. The van der Waals surface area contributed by atoms with Crippen LogP contribution >= 0.6 is 0 Å². The van der Waals surface area contributed by atoms with Gasteiger partial charge in [-0.1, -0.05) is 213 Å². The Labute approximate surface area is 386 Å². The SMILES string of the molecule is CC/C=C/C=C/C=C/C=C/CCCCCC(=O)OCC(COC(=O)CCCCCCC/C=C/C=C/C=C/C=C/CCCCC)OC(=O)CCCCCCCCC/C=C/C/C=C/CC. The zero-order chi connectivity index (χ0) is 45.8. The predicted molar refractivity (Wildman–Crippen MR) is 269 cm³/mol. The van der Waals surface area contributed by atoms with E-state index in [1.165, 1.54) is 44.9 Å². The van der Waals surface area contributed by atoms with Crippen molar-refractivity contribution in [1.82, 2.24) is 0 Å². The van der Waals surface area contributed by atoms with E-state index in [9.17, 15) is 14.4 Å². The summed E-state index contributed by atoms with van der Waals surface area (Å²) in [4.78, 5) is 37.9. The number of hydrogen-bond acceptors (Lipinski definition) is 6. The summed E-state index contributed by atoms with van der Waals surface area (Å²) in [5.41, 5.74) is 0. The van der Waals surface area contributed by atoms with Crippen LogP contribution in [0.2, 0.25) is 0 Å². The van der Waals surface area contributed by atoms with Crippen LogP contribution in [0.5, 0.6) is 0 Å². The molecule has 0 radical (unpaired) electrons. The molecule has 0 aromatic heterocycles. The Hall–Kier alpha value is -4.19. The van der Waals surface area contributed by atoms with E-state index in [4.69, 9.17) is 14.2 Å². The Morgan fingerprint density at radius 3 is 1.16 bits per heavy atom. The minimum atomic E-state index is -0.811. The molecule has 63 heavy (non-hydrogen) atoms. The van der Waals surface area contributed by atoms with E-state index < -0.39 is 6.10 Å². The third-order valence-corrected chi connectivity index (χ3v) is 10.1. The molecule has 0 fully saturated rings. The van der Waals surface area contributed by atoms with Crippen molar-refractivity contribution in [1.29, 1.82) is 0 Å². The number of allylic oxidation sites excluding steroid dienone is 20. The molecule has 0 aliphatic carbocycles. The molecule has 354 valence electrons. The Kier molecular flexibility index (Phi) is 47.1. The lowest BCUT2D eigenvalue weighted by atomic mass is 10.1. The van der Waals surface area contributed by atoms with Crippen LogP contribution < -0.4 is 0 Å². The van der Waals surface area contributed by atoms with Gasteiger partial charge in [0.1, 0.15) is 13.2 Å². The Morgan fingerprint density at radius 1 is 0.349 bits per heavy atom. The molecule has 0 saturated carbocycles. The highest BCUT2D eigenvalue weighted by Crippen LogP contribution is 2.13. The summed E-state index contributed by atoms with van der Waals surface area (Å²) < 4.78 is 16.7. The van der Waals surface area contributed by atoms with Crippen molar-refractivity contribution in [3.63, 3.8) is 0 Å². The molecule has 0 aromatic carbocycles. The van der Waals surface area contributed by atoms with E-state index in [-0.39, 0.29) is 31.1 Å². The lowest BCUT2D eigenvalue weighted by Crippen LogP contribution is -2.30. The summed E-state index contributed by atoms with van der Waals surface area (Å²) >= 11 is 0. The molecule has 0 N–H and O–H groups in total. The lowest BCUT2D eigenvalue weighted by Gasteiger charge is -2.18. The first-order valence-electron chi connectivity index (χ1n) is 25.1. The first-order valence-corrected chi connectivity index (χ1v) is 25.1. The fourth-order valence-corrected chi connectivity index (χ4v) is 6.38. The Morgan fingerprint density at radius 2 is 0.698 bits per heavy atom. The number of carbonyl (C=O) groups excluding carboxylic acids is 3. The van der Waals surface area contributed by atoms with Crippen molar-refractivity contribution in [2.75, 3.05) is 13.2 Å². The molecule has 0 spiro atoms. The molecule has 0 saturated heterocycles. The normalized spacial score (nSPS) is 13.1. The summed E-state index contributed by atoms with van der Waals surface area (Å²) in [6.07, 6.45) is 68.9. The van der Waals surface area contributed by atoms with Gasteiger partial charge in [0.25, 0.3) is 0 Å². The van der Waals surface area contributed by atoms with Crippen LogP contribution in [0.4, 0.5) is 0 Å². The maximum Gasteiger partial charge on any atom is 0.306 e. The standard InChI is InChI=1S/C57H90O6/c1-4-7-10-13-16-19-22-25-27-28-29-30-33-35-38-41-44-47-50-56(59)62-53-54(52-61-55(58)49-46-43-40-37-34-31-24-21-18-15-12-9-6-3)63-57(60)51-48-45-42-39-36-32-26-23-20-17-14-11-8-5-2/h8-9,11-12,15-22,24-25,27-31,34,54H,4-7,10,13-14,23,26,32-33,35-53H2,1-3H3/b11-8+,12-9+,18-15+,19-16+,20-17+,24-21+,25-22+,28-27+,30-29+,34-31+. The van der Waals surface area contributed by atoms with Gasteiger partial charge in [-0.2, -0.15) is 0 Å². The highest BCUT2D eigenvalue weighted by atomic mass is 16.6. The number of esters is 3. The highest BCUT2D eigenvalue weighted by molar-refractivity contribution is 5.71. The van der Waals surface area contributed by atoms with Crippen LogP contribution in [-0.2, 0) is 28.6 Å². The summed E-state index contributed by atoms with van der Waals surface area (Å²) in [5.74, 6) is -0.988. The van der Waals surface area contributed by atoms with Crippen molar-refractivity contribution >= 4 is 17.9 Å². The van der Waals surface area contributed by atoms with Gasteiger partial charge < -0.3 is 14.2 Å². The van der Waals surface area contributed by atoms with Gasteiger partial charge in [0.15, 0.2) is 6.10 Å². The van der Waals surface area contributed by atoms with E-state index in [2.05, 4.69) is 106 Å². The smallest absolute Gasteiger partial charge is 0.306 e. The number of hydrogen-bond donors (Lipinski definition) is 0. The second-order valence-electron chi connectivity index (χ2n) is 16.1. The van der Waals surface area contributed by atoms with Crippen molar-refractivity contribution in [2.24, 2.45) is 0 Å². The number of unbranched alkanes of at least 4 members (excludes halogenated alkanes) is 18. The predicted octanol–water partition coefficient (Wildman–Crippen LogP) is 16.5. The molecule has 1 unspecified atom stereocenters. The summed E-state index contributed by atoms with van der Waals surface area (Å²) in [6.45, 7) is 6.27. The average Bonchev–Trinajstić information content (AvgIpc) is 3.28. The van der Waals surface area contributed by atoms with Crippen molar-refractivity contribution in [3.05, 3.63) is 122 Å². The molecule has 0 rings (SSSR count). The van der Waals surface area contributed by atoms with Gasteiger partial charge >= 0.3 is 17.9 Å². The van der Waals surface area contributed by atoms with Gasteiger partial charge in [0, 0.05) is 19.3 Å². The number of rotatable bonds is 43. The molecule has 0 aromatic rings. The molecule has 0 aliphatic heterocycles. The molecular weight excluding hydrogens is 781 g/mol. The summed E-state index contributed by atoms with van der Waals surface area (Å²) in [6, 6.07) is 0. The van der Waals surface area contributed by atoms with Crippen LogP contribution in [0.3, 0.4) is 0 Å². The molecule has 6 nitrogen and oxygen atoms in total. The first-order chi connectivity index (χ1) is 31.0. The molecule has 0 bridgehead atoms. The van der Waals surface area contributed by atoms with Crippen molar-refractivity contribution < 1.29 is 28.6 Å². The highest BCUT2D eigenvalue weighted by Gasteiger charge is 2.19. The first kappa shape index (κ1) is 58.8. The van der Waals surface area contributed by atoms with E-state index >= 15 is 0 Å². The van der Waals surface area contributed by atoms with Crippen LogP contribution in [0.15, 0.2) is 122 Å². The quantitative estimate of drug-likeness (QED) is 0.0200. The fraction of sp³-hybridized carbons (Fsp3) is 0.596. The Balaban J connectivity index is 4.52. The van der Waals surface area contributed by atoms with Crippen molar-refractivity contribution in [3.8, 4) is 0 Å². The molecule has 0 heterocycles. The maximum absolute atomic E-state index is 12.8. The molecule has 6 heteroatoms. The van der Waals surface area contributed by atoms with Crippen LogP contribution in [0.1, 0.15) is 201 Å². The van der Waals surface area contributed by atoms with Gasteiger partial charge in [-0.15, -0.1) is 0 Å². The van der Waals surface area contributed by atoms with Gasteiger partial charge in [-0.25, -0.2) is 0 Å². The second kappa shape index (κ2) is 50.5. The molecule has 0 aliphatic rings. The topological polar surface area (TPSA) is 78.9 Å². The Bertz CT molecular complexity index is 1370. The summed E-state index contributed by atoms with van der Waals surface area (Å²) in [5, 5.41) is 0. The minimum Gasteiger partial charge on any atom is -0.462 e. The van der Waals surface area contributed by atoms with Crippen molar-refractivity contribution in [2.45, 2.75) is 207 Å². The fourth-order valence-electron chi connectivity index (χ4n) is 6.38. The monoisotopic (exact) mass is 871 g/mol. The van der Waals surface area contributed by atoms with E-state index in [1.807, 2.05) is 36.5 Å². The number of ether oxygens (including phenoxy) is 3. The second-order valence-corrected chi connectivity index (χ2v) is 16.1. The van der Waals surface area contributed by atoms with Crippen LogP contribution in [0.25, 0.3) is 0 Å². The number of carbonyl (C=O) groups is 3. The average molecular weight is 871 g/mol. The molecule has 0 amide bonds. The van der Waals surface area contributed by atoms with Gasteiger partial charge in [0.05, 0.1) is 0 Å². The third-order valence-electron chi connectivity index (χ3n) is 10.1. The van der Waals surface area contributed by atoms with Gasteiger partial charge in [-0.3, -0.25) is 14.4 Å². The minimum absolute atomic E-state index is 0.110. The third kappa shape index (κ3) is 48.7. The largest absolute Gasteiger partial charge is 0.462 e. The summed E-state index contributed by atoms with van der Waals surface area (Å²) in [7, 11) is 0. The zero-order valence-electron chi connectivity index (χ0n) is 40.3. The van der Waals surface area contributed by atoms with E-state index in [1.54, 1.807) is 0 Å². The van der Waals surface area contributed by atoms with Gasteiger partial charge in [0.2, 0.25) is 0 Å².